The Bertz CT molecular complexity index is 223. The number of carbonyl (C=O) groups excluding carboxylic acids is 2. The van der Waals surface area contributed by atoms with Crippen LogP contribution >= 0.6 is 0 Å². The second kappa shape index (κ2) is 2.57. The predicted molar refractivity (Wildman–Crippen MR) is 30.7 cm³/mol. The van der Waals surface area contributed by atoms with Gasteiger partial charge >= 0.3 is 18.0 Å². The second-order valence-corrected chi connectivity index (χ2v) is 2.00. The maximum Gasteiger partial charge on any atom is 0.405 e. The summed E-state index contributed by atoms with van der Waals surface area (Å²) in [6, 6.07) is -1.03. The fourth-order valence-corrected chi connectivity index (χ4v) is 0.734. The molecule has 0 saturated carbocycles. The van der Waals surface area contributed by atoms with E-state index in [1.54, 1.807) is 0 Å². The Kier molecular flexibility index (Phi) is 1.75. The van der Waals surface area contributed by atoms with Crippen LogP contribution in [0.5, 0.6) is 0 Å². The molecule has 0 aliphatic carbocycles. The Morgan fingerprint density at radius 2 is 2.27 bits per heavy atom. The van der Waals surface area contributed by atoms with Crippen LogP contribution in [0.1, 0.15) is 6.42 Å². The molecule has 60 valence electrons. The number of carbonyl (C=O) groups is 3. The normalized spacial score (nSPS) is 23.1. The van der Waals surface area contributed by atoms with Gasteiger partial charge in [0.1, 0.15) is 6.04 Å². The second-order valence-electron chi connectivity index (χ2n) is 2.00. The van der Waals surface area contributed by atoms with Gasteiger partial charge in [-0.2, -0.15) is 0 Å². The maximum atomic E-state index is 10.6. The highest BCUT2D eigenvalue weighted by Gasteiger charge is 2.34. The lowest BCUT2D eigenvalue weighted by molar-refractivity contribution is -0.152. The Labute approximate surface area is 61.1 Å². The summed E-state index contributed by atoms with van der Waals surface area (Å²) in [7, 11) is 0. The molecule has 1 rings (SSSR count). The van der Waals surface area contributed by atoms with Crippen molar-refractivity contribution in [1.82, 2.24) is 5.32 Å². The molecule has 1 amide bonds. The quantitative estimate of drug-likeness (QED) is 0.382. The van der Waals surface area contributed by atoms with Crippen molar-refractivity contribution in [3.63, 3.8) is 0 Å². The Morgan fingerprint density at radius 1 is 1.64 bits per heavy atom. The molecule has 1 fully saturated rings. The third kappa shape index (κ3) is 1.66. The first kappa shape index (κ1) is 7.52. The molecular formula is C5H5NO5. The summed E-state index contributed by atoms with van der Waals surface area (Å²) >= 11 is 0. The molecule has 1 saturated heterocycles. The van der Waals surface area contributed by atoms with Crippen molar-refractivity contribution in [1.29, 1.82) is 0 Å². The summed E-state index contributed by atoms with van der Waals surface area (Å²) in [6.07, 6.45) is -1.56. The van der Waals surface area contributed by atoms with Crippen LogP contribution < -0.4 is 5.32 Å². The Hall–Kier alpha value is -1.59. The number of ether oxygens (including phenoxy) is 1. The van der Waals surface area contributed by atoms with Crippen molar-refractivity contribution in [2.24, 2.45) is 0 Å². The van der Waals surface area contributed by atoms with Crippen molar-refractivity contribution >= 4 is 18.0 Å². The van der Waals surface area contributed by atoms with Gasteiger partial charge in [0.15, 0.2) is 0 Å². The predicted octanol–water partition coefficient (Wildman–Crippen LogP) is -0.904. The number of amides is 1. The first-order valence-electron chi connectivity index (χ1n) is 2.83. The van der Waals surface area contributed by atoms with E-state index >= 15 is 0 Å². The molecule has 0 unspecified atom stereocenters. The maximum absolute atomic E-state index is 10.6. The number of carboxylic acid groups (broad SMARTS) is 1. The first-order valence-corrected chi connectivity index (χ1v) is 2.83. The van der Waals surface area contributed by atoms with Gasteiger partial charge in [0.05, 0.1) is 6.42 Å². The Balaban J connectivity index is 2.53. The average molecular weight is 159 g/mol. The summed E-state index contributed by atoms with van der Waals surface area (Å²) in [6.45, 7) is 0. The minimum Gasteiger partial charge on any atom is -0.465 e. The number of rotatable bonds is 1. The minimum atomic E-state index is -1.35. The van der Waals surface area contributed by atoms with Gasteiger partial charge in [0, 0.05) is 0 Å². The lowest BCUT2D eigenvalue weighted by atomic mass is 10.2. The number of cyclic esters (lactones) is 2. The number of hydrogen-bond donors (Lipinski definition) is 2. The van der Waals surface area contributed by atoms with Crippen molar-refractivity contribution in [2.75, 3.05) is 0 Å². The van der Waals surface area contributed by atoms with Gasteiger partial charge in [0.25, 0.3) is 0 Å². The van der Waals surface area contributed by atoms with Crippen LogP contribution in [0.15, 0.2) is 0 Å². The molecule has 0 spiro atoms. The Morgan fingerprint density at radius 3 is 2.64 bits per heavy atom. The molecule has 11 heavy (non-hydrogen) atoms. The zero-order valence-electron chi connectivity index (χ0n) is 5.36. The van der Waals surface area contributed by atoms with Gasteiger partial charge in [-0.15, -0.1) is 0 Å². The minimum absolute atomic E-state index is 0.217. The van der Waals surface area contributed by atoms with Crippen LogP contribution in [0.25, 0.3) is 0 Å². The summed E-state index contributed by atoms with van der Waals surface area (Å²) in [5.41, 5.74) is 0. The first-order chi connectivity index (χ1) is 5.09. The molecule has 0 bridgehead atoms. The molecule has 6 heteroatoms. The highest BCUT2D eigenvalue weighted by atomic mass is 16.6. The monoisotopic (exact) mass is 159 g/mol. The molecule has 0 aromatic rings. The van der Waals surface area contributed by atoms with Crippen LogP contribution in [0, 0.1) is 0 Å². The van der Waals surface area contributed by atoms with Crippen molar-refractivity contribution in [2.45, 2.75) is 12.5 Å². The van der Waals surface area contributed by atoms with E-state index in [4.69, 9.17) is 5.11 Å². The third-order valence-corrected chi connectivity index (χ3v) is 1.17. The van der Waals surface area contributed by atoms with Crippen LogP contribution in [0.3, 0.4) is 0 Å². The lowest BCUT2D eigenvalue weighted by Crippen LogP contribution is -2.36. The average Bonchev–Trinajstić information content (AvgIpc) is 2.09. The van der Waals surface area contributed by atoms with Crippen LogP contribution in [-0.4, -0.2) is 29.2 Å². The van der Waals surface area contributed by atoms with Gasteiger partial charge in [-0.3, -0.25) is 4.79 Å². The molecule has 1 aliphatic rings. The standard InChI is InChI=1S/C5H5NO5/c7-3-1-2(4(8)11-3)6-5(9)10/h2,6H,1H2,(H,9,10)/t2-/m0/s1. The molecule has 1 aliphatic heterocycles. The summed E-state index contributed by atoms with van der Waals surface area (Å²) in [4.78, 5) is 30.9. The van der Waals surface area contributed by atoms with E-state index in [1.807, 2.05) is 5.32 Å². The molecule has 6 nitrogen and oxygen atoms in total. The zero-order chi connectivity index (χ0) is 8.43. The van der Waals surface area contributed by atoms with Crippen molar-refractivity contribution in [3.05, 3.63) is 0 Å². The topological polar surface area (TPSA) is 92.7 Å². The van der Waals surface area contributed by atoms with Crippen molar-refractivity contribution < 1.29 is 24.2 Å². The van der Waals surface area contributed by atoms with Crippen molar-refractivity contribution in [3.8, 4) is 0 Å². The summed E-state index contributed by atoms with van der Waals surface area (Å²) in [5, 5.41) is 9.99. The molecule has 2 N–H and O–H groups in total. The van der Waals surface area contributed by atoms with Gasteiger partial charge in [0.2, 0.25) is 0 Å². The molecule has 1 heterocycles. The van der Waals surface area contributed by atoms with E-state index in [-0.39, 0.29) is 6.42 Å². The highest BCUT2D eigenvalue weighted by molar-refractivity contribution is 5.98. The SMILES string of the molecule is O=C(O)N[C@H]1CC(=O)OC1=O. The molecule has 0 radical (unpaired) electrons. The molecule has 0 aromatic carbocycles. The lowest BCUT2D eigenvalue weighted by Gasteiger charge is -2.01. The van der Waals surface area contributed by atoms with Gasteiger partial charge in [-0.1, -0.05) is 0 Å². The fraction of sp³-hybridized carbons (Fsp3) is 0.400. The summed E-state index contributed by atoms with van der Waals surface area (Å²) < 4.78 is 4.07. The summed E-state index contributed by atoms with van der Waals surface area (Å²) in [5.74, 6) is -1.54. The van der Waals surface area contributed by atoms with E-state index in [0.717, 1.165) is 0 Å². The van der Waals surface area contributed by atoms with E-state index in [2.05, 4.69) is 4.74 Å². The van der Waals surface area contributed by atoms with E-state index in [9.17, 15) is 14.4 Å². The number of nitrogens with one attached hydrogen (secondary N) is 1. The van der Waals surface area contributed by atoms with Crippen LogP contribution in [0.4, 0.5) is 4.79 Å². The van der Waals surface area contributed by atoms with Gasteiger partial charge in [-0.05, 0) is 0 Å². The molecule has 1 atom stereocenters. The van der Waals surface area contributed by atoms with Crippen LogP contribution in [-0.2, 0) is 14.3 Å². The number of hydrogen-bond acceptors (Lipinski definition) is 4. The fourth-order valence-electron chi connectivity index (χ4n) is 0.734. The van der Waals surface area contributed by atoms with E-state index in [0.29, 0.717) is 0 Å². The highest BCUT2D eigenvalue weighted by Crippen LogP contribution is 2.06. The smallest absolute Gasteiger partial charge is 0.405 e. The van der Waals surface area contributed by atoms with E-state index in [1.165, 1.54) is 0 Å². The van der Waals surface area contributed by atoms with E-state index < -0.39 is 24.1 Å². The zero-order valence-corrected chi connectivity index (χ0v) is 5.36. The van der Waals surface area contributed by atoms with Gasteiger partial charge in [-0.25, -0.2) is 9.59 Å². The van der Waals surface area contributed by atoms with Gasteiger partial charge < -0.3 is 15.2 Å². The number of esters is 2. The van der Waals surface area contributed by atoms with Crippen LogP contribution in [0.2, 0.25) is 0 Å². The third-order valence-electron chi connectivity index (χ3n) is 1.17. The largest absolute Gasteiger partial charge is 0.465 e. The molecule has 0 aromatic heterocycles. The molecular weight excluding hydrogens is 154 g/mol.